The van der Waals surface area contributed by atoms with E-state index in [0.717, 1.165) is 26.5 Å². The summed E-state index contributed by atoms with van der Waals surface area (Å²) in [6.45, 7) is 0. The van der Waals surface area contributed by atoms with E-state index in [1.165, 1.54) is 7.11 Å². The lowest BCUT2D eigenvalue weighted by Crippen LogP contribution is -2.43. The molecule has 0 spiro atoms. The number of aromatic amines is 1. The van der Waals surface area contributed by atoms with E-state index in [1.807, 2.05) is 48.5 Å². The van der Waals surface area contributed by atoms with Gasteiger partial charge >= 0.3 is 5.97 Å². The average Bonchev–Trinajstić information content (AvgIpc) is 3.07. The Morgan fingerprint density at radius 3 is 2.68 bits per heavy atom. The summed E-state index contributed by atoms with van der Waals surface area (Å²) in [6.07, 6.45) is 3.47. The summed E-state index contributed by atoms with van der Waals surface area (Å²) in [5.74, 6) is -1.66. The van der Waals surface area contributed by atoms with Crippen LogP contribution in [0.15, 0.2) is 65.0 Å². The van der Waals surface area contributed by atoms with Crippen LogP contribution < -0.4 is 5.32 Å². The number of hydrogen-bond acceptors (Lipinski definition) is 3. The van der Waals surface area contributed by atoms with Crippen molar-refractivity contribution < 1.29 is 19.4 Å². The van der Waals surface area contributed by atoms with Crippen molar-refractivity contribution in [2.24, 2.45) is 0 Å². The maximum absolute atomic E-state index is 12.5. The monoisotopic (exact) mass is 442 g/mol. The number of aromatic nitrogens is 1. The molecule has 1 aromatic heterocycles. The van der Waals surface area contributed by atoms with Crippen LogP contribution in [0, 0.1) is 0 Å². The van der Waals surface area contributed by atoms with Gasteiger partial charge in [-0.05, 0) is 29.3 Å². The molecule has 0 bridgehead atoms. The molecule has 3 aromatic rings. The van der Waals surface area contributed by atoms with Crippen LogP contribution in [0.1, 0.15) is 11.1 Å². The van der Waals surface area contributed by atoms with Gasteiger partial charge in [-0.1, -0.05) is 52.3 Å². The van der Waals surface area contributed by atoms with E-state index >= 15 is 0 Å². The normalized spacial score (nSPS) is 12.6. The molecule has 1 atom stereocenters. The summed E-state index contributed by atoms with van der Waals surface area (Å²) in [4.78, 5) is 27.4. The van der Waals surface area contributed by atoms with Gasteiger partial charge in [0.25, 0.3) is 5.91 Å². The predicted octanol–water partition coefficient (Wildman–Crippen LogP) is 3.73. The van der Waals surface area contributed by atoms with Gasteiger partial charge in [0.2, 0.25) is 0 Å². The summed E-state index contributed by atoms with van der Waals surface area (Å²) in [5, 5.41) is 13.0. The molecule has 0 fully saturated rings. The summed E-state index contributed by atoms with van der Waals surface area (Å²) >= 11 is 3.41. The topological polar surface area (TPSA) is 91.4 Å². The van der Waals surface area contributed by atoms with Crippen LogP contribution in [0.5, 0.6) is 0 Å². The molecule has 0 aliphatic rings. The highest BCUT2D eigenvalue weighted by Crippen LogP contribution is 2.23. The first kappa shape index (κ1) is 19.7. The number of nitrogens with one attached hydrogen (secondary N) is 2. The van der Waals surface area contributed by atoms with Crippen LogP contribution in [0.4, 0.5) is 0 Å². The van der Waals surface area contributed by atoms with Gasteiger partial charge in [0.1, 0.15) is 6.04 Å². The molecule has 1 amide bonds. The van der Waals surface area contributed by atoms with Gasteiger partial charge in [-0.25, -0.2) is 4.79 Å². The fourth-order valence-electron chi connectivity index (χ4n) is 2.89. The van der Waals surface area contributed by atoms with Crippen LogP contribution in [0.2, 0.25) is 0 Å². The standard InChI is InChI=1S/C21H19BrN2O4/c1-28-19(9-13-5-3-2-4-6-13)20(25)24-18(21(26)27)10-14-12-23-17-11-15(22)7-8-16(14)17/h2-9,11-12,18,23H,10H2,1H3,(H,24,25)(H,26,27). The van der Waals surface area contributed by atoms with E-state index in [0.29, 0.717) is 0 Å². The molecular weight excluding hydrogens is 424 g/mol. The number of methoxy groups -OCH3 is 1. The molecule has 0 saturated carbocycles. The number of carbonyl (C=O) groups excluding carboxylic acids is 1. The second-order valence-corrected chi connectivity index (χ2v) is 7.11. The summed E-state index contributed by atoms with van der Waals surface area (Å²) in [6, 6.07) is 13.8. The van der Waals surface area contributed by atoms with Gasteiger partial charge in [0, 0.05) is 28.0 Å². The number of H-pyrrole nitrogens is 1. The summed E-state index contributed by atoms with van der Waals surface area (Å²) < 4.78 is 6.08. The number of benzene rings is 2. The number of aliphatic carboxylic acids is 1. The molecule has 0 aliphatic heterocycles. The zero-order valence-electron chi connectivity index (χ0n) is 15.1. The van der Waals surface area contributed by atoms with E-state index < -0.39 is 17.9 Å². The minimum atomic E-state index is -1.12. The molecule has 3 N–H and O–H groups in total. The van der Waals surface area contributed by atoms with Crippen molar-refractivity contribution in [1.82, 2.24) is 10.3 Å². The SMILES string of the molecule is COC(=Cc1ccccc1)C(=O)NC(Cc1c[nH]c2cc(Br)ccc12)C(=O)O. The zero-order chi connectivity index (χ0) is 20.1. The average molecular weight is 443 g/mol. The summed E-state index contributed by atoms with van der Waals surface area (Å²) in [5.41, 5.74) is 2.48. The molecule has 2 aromatic carbocycles. The molecule has 0 radical (unpaired) electrons. The van der Waals surface area contributed by atoms with E-state index in [9.17, 15) is 14.7 Å². The third-order valence-corrected chi connectivity index (χ3v) is 4.79. The lowest BCUT2D eigenvalue weighted by atomic mass is 10.0. The van der Waals surface area contributed by atoms with Crippen LogP contribution in [0.25, 0.3) is 17.0 Å². The first-order valence-electron chi connectivity index (χ1n) is 8.58. The Morgan fingerprint density at radius 2 is 2.00 bits per heavy atom. The van der Waals surface area contributed by atoms with Crippen molar-refractivity contribution in [3.05, 3.63) is 76.1 Å². The number of amides is 1. The first-order chi connectivity index (χ1) is 13.5. The van der Waals surface area contributed by atoms with Crippen molar-refractivity contribution in [2.75, 3.05) is 7.11 Å². The van der Waals surface area contributed by atoms with E-state index in [-0.39, 0.29) is 12.2 Å². The Labute approximate surface area is 170 Å². The van der Waals surface area contributed by atoms with Gasteiger partial charge in [0.05, 0.1) is 7.11 Å². The molecule has 28 heavy (non-hydrogen) atoms. The molecule has 0 aliphatic carbocycles. The third-order valence-electron chi connectivity index (χ3n) is 4.30. The van der Waals surface area contributed by atoms with Crippen molar-refractivity contribution >= 4 is 44.8 Å². The van der Waals surface area contributed by atoms with Crippen molar-refractivity contribution in [1.29, 1.82) is 0 Å². The second kappa shape index (κ2) is 8.75. The van der Waals surface area contributed by atoms with E-state index in [1.54, 1.807) is 12.3 Å². The molecule has 6 nitrogen and oxygen atoms in total. The maximum Gasteiger partial charge on any atom is 0.326 e. The highest BCUT2D eigenvalue weighted by Gasteiger charge is 2.24. The lowest BCUT2D eigenvalue weighted by molar-refractivity contribution is -0.141. The minimum absolute atomic E-state index is 0.0420. The highest BCUT2D eigenvalue weighted by molar-refractivity contribution is 9.10. The van der Waals surface area contributed by atoms with Crippen LogP contribution in [-0.2, 0) is 20.7 Å². The number of halogens is 1. The third kappa shape index (κ3) is 4.61. The fraction of sp³-hybridized carbons (Fsp3) is 0.143. The number of carboxylic acid groups (broad SMARTS) is 1. The van der Waals surface area contributed by atoms with Gasteiger partial charge < -0.3 is 20.1 Å². The fourth-order valence-corrected chi connectivity index (χ4v) is 3.26. The molecule has 1 unspecified atom stereocenters. The van der Waals surface area contributed by atoms with E-state index in [2.05, 4.69) is 26.2 Å². The quantitative estimate of drug-likeness (QED) is 0.384. The molecule has 0 saturated heterocycles. The Kier molecular flexibility index (Phi) is 6.16. The van der Waals surface area contributed by atoms with Crippen LogP contribution >= 0.6 is 15.9 Å². The number of fused-ring (bicyclic) bond motifs is 1. The predicted molar refractivity (Wildman–Crippen MR) is 111 cm³/mol. The largest absolute Gasteiger partial charge is 0.491 e. The Hall–Kier alpha value is -3.06. The van der Waals surface area contributed by atoms with E-state index in [4.69, 9.17) is 4.74 Å². The number of carboxylic acids is 1. The maximum atomic E-state index is 12.5. The Balaban J connectivity index is 1.79. The van der Waals surface area contributed by atoms with Crippen LogP contribution in [0.3, 0.4) is 0 Å². The number of hydrogen-bond donors (Lipinski definition) is 3. The second-order valence-electron chi connectivity index (χ2n) is 6.20. The Morgan fingerprint density at radius 1 is 1.25 bits per heavy atom. The summed E-state index contributed by atoms with van der Waals surface area (Å²) in [7, 11) is 1.38. The van der Waals surface area contributed by atoms with Gasteiger partial charge in [-0.3, -0.25) is 4.79 Å². The van der Waals surface area contributed by atoms with Crippen molar-refractivity contribution in [3.8, 4) is 0 Å². The first-order valence-corrected chi connectivity index (χ1v) is 9.37. The van der Waals surface area contributed by atoms with Gasteiger partial charge in [0.15, 0.2) is 5.76 Å². The Bertz CT molecular complexity index is 1030. The van der Waals surface area contributed by atoms with Gasteiger partial charge in [-0.2, -0.15) is 0 Å². The van der Waals surface area contributed by atoms with Crippen molar-refractivity contribution in [2.45, 2.75) is 12.5 Å². The van der Waals surface area contributed by atoms with Crippen LogP contribution in [-0.4, -0.2) is 35.1 Å². The minimum Gasteiger partial charge on any atom is -0.491 e. The molecule has 1 heterocycles. The lowest BCUT2D eigenvalue weighted by Gasteiger charge is -2.15. The van der Waals surface area contributed by atoms with Crippen molar-refractivity contribution in [3.63, 3.8) is 0 Å². The molecule has 3 rings (SSSR count). The smallest absolute Gasteiger partial charge is 0.326 e. The number of ether oxygens (including phenoxy) is 1. The molecule has 7 heteroatoms. The highest BCUT2D eigenvalue weighted by atomic mass is 79.9. The molecular formula is C21H19BrN2O4. The zero-order valence-corrected chi connectivity index (χ0v) is 16.7. The van der Waals surface area contributed by atoms with Gasteiger partial charge in [-0.15, -0.1) is 0 Å². The molecule has 144 valence electrons. The number of rotatable bonds is 7. The number of carbonyl (C=O) groups is 2.